The molecule has 0 unspecified atom stereocenters. The second-order valence-electron chi connectivity index (χ2n) is 5.45. The van der Waals surface area contributed by atoms with Crippen LogP contribution in [0.4, 0.5) is 0 Å². The summed E-state index contributed by atoms with van der Waals surface area (Å²) in [6.07, 6.45) is 1.91. The van der Waals surface area contributed by atoms with Gasteiger partial charge in [-0.05, 0) is 26.0 Å². The summed E-state index contributed by atoms with van der Waals surface area (Å²) in [7, 11) is 0. The number of amides is 1. The monoisotopic (exact) mass is 307 g/mol. The highest BCUT2D eigenvalue weighted by Crippen LogP contribution is 2.16. The fourth-order valence-corrected chi connectivity index (χ4v) is 1.57. The van der Waals surface area contributed by atoms with Crippen LogP contribution in [0, 0.1) is 5.41 Å². The fraction of sp³-hybridized carbons (Fsp3) is 0.429. The van der Waals surface area contributed by atoms with E-state index in [1.165, 1.54) is 6.26 Å². The number of hydrogen-bond donors (Lipinski definition) is 2. The van der Waals surface area contributed by atoms with Crippen LogP contribution in [0.5, 0.6) is 0 Å². The predicted molar refractivity (Wildman–Crippen MR) is 74.7 cm³/mol. The van der Waals surface area contributed by atoms with Gasteiger partial charge in [-0.25, -0.2) is 0 Å². The van der Waals surface area contributed by atoms with Crippen molar-refractivity contribution >= 4 is 11.9 Å². The van der Waals surface area contributed by atoms with E-state index in [1.807, 2.05) is 0 Å². The average Bonchev–Trinajstić information content (AvgIpc) is 3.13. The largest absolute Gasteiger partial charge is 0.481 e. The van der Waals surface area contributed by atoms with Crippen LogP contribution in [0.1, 0.15) is 26.2 Å². The third kappa shape index (κ3) is 3.94. The molecule has 2 aromatic rings. The Kier molecular flexibility index (Phi) is 4.59. The number of carboxylic acid groups (broad SMARTS) is 1. The Labute approximate surface area is 126 Å². The first-order valence-electron chi connectivity index (χ1n) is 6.75. The van der Waals surface area contributed by atoms with E-state index in [0.29, 0.717) is 17.5 Å². The summed E-state index contributed by atoms with van der Waals surface area (Å²) in [6.45, 7) is 3.15. The summed E-state index contributed by atoms with van der Waals surface area (Å²) >= 11 is 0. The van der Waals surface area contributed by atoms with Gasteiger partial charge in [-0.2, -0.15) is 4.98 Å². The van der Waals surface area contributed by atoms with Gasteiger partial charge in [0.25, 0.3) is 0 Å². The Bertz CT molecular complexity index is 645. The van der Waals surface area contributed by atoms with Gasteiger partial charge >= 0.3 is 5.97 Å². The van der Waals surface area contributed by atoms with Gasteiger partial charge in [-0.15, -0.1) is 0 Å². The molecular formula is C14H17N3O5. The summed E-state index contributed by atoms with van der Waals surface area (Å²) in [6, 6.07) is 3.42. The van der Waals surface area contributed by atoms with Crippen LogP contribution in [-0.4, -0.2) is 33.7 Å². The van der Waals surface area contributed by atoms with Gasteiger partial charge in [-0.3, -0.25) is 9.59 Å². The number of carboxylic acids is 1. The summed E-state index contributed by atoms with van der Waals surface area (Å²) in [4.78, 5) is 26.8. The van der Waals surface area contributed by atoms with E-state index >= 15 is 0 Å². The summed E-state index contributed by atoms with van der Waals surface area (Å²) < 4.78 is 10.2. The van der Waals surface area contributed by atoms with Crippen molar-refractivity contribution in [3.8, 4) is 11.6 Å². The lowest BCUT2D eigenvalue weighted by molar-refractivity contribution is -0.146. The molecule has 2 N–H and O–H groups in total. The minimum absolute atomic E-state index is 0.0582. The van der Waals surface area contributed by atoms with Crippen molar-refractivity contribution in [1.29, 1.82) is 0 Å². The first-order valence-corrected chi connectivity index (χ1v) is 6.75. The normalized spacial score (nSPS) is 11.4. The standard InChI is InChI=1S/C14H17N3O5/c1-14(2,13(19)20)8-15-10(18)5-6-11-16-12(17-22-11)9-4-3-7-21-9/h3-4,7H,5-6,8H2,1-2H3,(H,15,18)(H,19,20). The van der Waals surface area contributed by atoms with Crippen LogP contribution >= 0.6 is 0 Å². The third-order valence-corrected chi connectivity index (χ3v) is 3.08. The van der Waals surface area contributed by atoms with Crippen LogP contribution < -0.4 is 5.32 Å². The minimum Gasteiger partial charge on any atom is -0.481 e. The molecule has 0 aliphatic heterocycles. The van der Waals surface area contributed by atoms with Crippen LogP contribution in [0.25, 0.3) is 11.6 Å². The number of furan rings is 1. The van der Waals surface area contributed by atoms with Crippen molar-refractivity contribution in [3.05, 3.63) is 24.3 Å². The van der Waals surface area contributed by atoms with Crippen molar-refractivity contribution < 1.29 is 23.6 Å². The molecule has 22 heavy (non-hydrogen) atoms. The van der Waals surface area contributed by atoms with E-state index in [0.717, 1.165) is 0 Å². The molecule has 0 atom stereocenters. The number of rotatable bonds is 7. The number of aryl methyl sites for hydroxylation is 1. The molecule has 0 aliphatic carbocycles. The van der Waals surface area contributed by atoms with Gasteiger partial charge in [0, 0.05) is 19.4 Å². The number of carbonyl (C=O) groups is 2. The second kappa shape index (κ2) is 6.42. The Morgan fingerprint density at radius 1 is 1.41 bits per heavy atom. The molecule has 0 bridgehead atoms. The molecule has 8 nitrogen and oxygen atoms in total. The van der Waals surface area contributed by atoms with Crippen LogP contribution in [0.3, 0.4) is 0 Å². The summed E-state index contributed by atoms with van der Waals surface area (Å²) in [5.74, 6) is -0.103. The maximum Gasteiger partial charge on any atom is 0.310 e. The molecule has 2 aromatic heterocycles. The Hall–Kier alpha value is -2.64. The summed E-state index contributed by atoms with van der Waals surface area (Å²) in [5, 5.41) is 15.3. The number of nitrogens with zero attached hydrogens (tertiary/aromatic N) is 2. The van der Waals surface area contributed by atoms with Gasteiger partial charge in [0.1, 0.15) is 0 Å². The number of carbonyl (C=O) groups excluding carboxylic acids is 1. The number of aliphatic carboxylic acids is 1. The first-order chi connectivity index (χ1) is 10.4. The molecule has 8 heteroatoms. The lowest BCUT2D eigenvalue weighted by Crippen LogP contribution is -2.38. The van der Waals surface area contributed by atoms with Gasteiger partial charge in [-0.1, -0.05) is 5.16 Å². The molecule has 0 radical (unpaired) electrons. The number of nitrogens with one attached hydrogen (secondary N) is 1. The first kappa shape index (κ1) is 15.7. The van der Waals surface area contributed by atoms with Crippen molar-refractivity contribution in [2.24, 2.45) is 5.41 Å². The SMILES string of the molecule is CC(C)(CNC(=O)CCc1nc(-c2ccco2)no1)C(=O)O. The smallest absolute Gasteiger partial charge is 0.310 e. The van der Waals surface area contributed by atoms with Gasteiger partial charge in [0.15, 0.2) is 5.76 Å². The minimum atomic E-state index is -1.01. The Morgan fingerprint density at radius 2 is 2.18 bits per heavy atom. The van der Waals surface area contributed by atoms with Crippen LogP contribution in [0.2, 0.25) is 0 Å². The average molecular weight is 307 g/mol. The molecule has 2 heterocycles. The maximum atomic E-state index is 11.7. The van der Waals surface area contributed by atoms with E-state index in [-0.39, 0.29) is 25.3 Å². The summed E-state index contributed by atoms with van der Waals surface area (Å²) in [5.41, 5.74) is -1.01. The number of aromatic nitrogens is 2. The second-order valence-corrected chi connectivity index (χ2v) is 5.45. The van der Waals surface area contributed by atoms with Crippen molar-refractivity contribution in [1.82, 2.24) is 15.5 Å². The van der Waals surface area contributed by atoms with Crippen molar-refractivity contribution in [2.75, 3.05) is 6.54 Å². The highest BCUT2D eigenvalue weighted by atomic mass is 16.5. The predicted octanol–water partition coefficient (Wildman–Crippen LogP) is 1.49. The van der Waals surface area contributed by atoms with Gasteiger partial charge in [0.05, 0.1) is 11.7 Å². The zero-order valence-corrected chi connectivity index (χ0v) is 12.3. The quantitative estimate of drug-likeness (QED) is 0.795. The van der Waals surface area contributed by atoms with Crippen LogP contribution in [-0.2, 0) is 16.0 Å². The lowest BCUT2D eigenvalue weighted by atomic mass is 9.94. The highest BCUT2D eigenvalue weighted by Gasteiger charge is 2.27. The van der Waals surface area contributed by atoms with Gasteiger partial charge in [0.2, 0.25) is 17.6 Å². The molecule has 0 aliphatic rings. The molecular weight excluding hydrogens is 290 g/mol. The fourth-order valence-electron chi connectivity index (χ4n) is 1.57. The molecule has 0 saturated heterocycles. The van der Waals surface area contributed by atoms with Gasteiger partial charge < -0.3 is 19.4 Å². The van der Waals surface area contributed by atoms with E-state index < -0.39 is 11.4 Å². The topological polar surface area (TPSA) is 118 Å². The Balaban J connectivity index is 1.81. The maximum absolute atomic E-state index is 11.7. The van der Waals surface area contributed by atoms with E-state index in [4.69, 9.17) is 14.0 Å². The van der Waals surface area contributed by atoms with Crippen molar-refractivity contribution in [2.45, 2.75) is 26.7 Å². The van der Waals surface area contributed by atoms with E-state index in [1.54, 1.807) is 26.0 Å². The highest BCUT2D eigenvalue weighted by molar-refractivity contribution is 5.78. The van der Waals surface area contributed by atoms with E-state index in [2.05, 4.69) is 15.5 Å². The zero-order chi connectivity index (χ0) is 16.2. The molecule has 118 valence electrons. The third-order valence-electron chi connectivity index (χ3n) is 3.08. The molecule has 2 rings (SSSR count). The molecule has 1 amide bonds. The van der Waals surface area contributed by atoms with Crippen molar-refractivity contribution in [3.63, 3.8) is 0 Å². The lowest BCUT2D eigenvalue weighted by Gasteiger charge is -2.19. The molecule has 0 fully saturated rings. The zero-order valence-electron chi connectivity index (χ0n) is 12.3. The molecule has 0 spiro atoms. The Morgan fingerprint density at radius 3 is 2.82 bits per heavy atom. The molecule has 0 saturated carbocycles. The molecule has 0 aromatic carbocycles. The van der Waals surface area contributed by atoms with Crippen LogP contribution in [0.15, 0.2) is 27.3 Å². The number of hydrogen-bond acceptors (Lipinski definition) is 6. The van der Waals surface area contributed by atoms with E-state index in [9.17, 15) is 9.59 Å².